The number of amides is 2. The molecule has 7 N–H and O–H groups in total. The number of anilines is 3. The first-order valence-corrected chi connectivity index (χ1v) is 47.4. The number of ether oxygens (including phenoxy) is 4. The summed E-state index contributed by atoms with van der Waals surface area (Å²) in [6, 6.07) is 73.9. The molecule has 150 heavy (non-hydrogen) atoms. The van der Waals surface area contributed by atoms with Crippen molar-refractivity contribution in [3.63, 3.8) is 0 Å². The van der Waals surface area contributed by atoms with Gasteiger partial charge in [-0.2, -0.15) is 5.26 Å². The van der Waals surface area contributed by atoms with Crippen LogP contribution >= 0.6 is 0 Å². The lowest BCUT2D eigenvalue weighted by Crippen LogP contribution is -2.26. The summed E-state index contributed by atoms with van der Waals surface area (Å²) in [5.41, 5.74) is 23.9. The normalized spacial score (nSPS) is 11.7. The molecule has 20 rings (SSSR count). The number of nitrogens with one attached hydrogen (secondary N) is 3. The molecular formula is C115H99N25O10. The van der Waals surface area contributed by atoms with Crippen molar-refractivity contribution in [3.05, 3.63) is 426 Å². The van der Waals surface area contributed by atoms with Crippen molar-refractivity contribution in [1.82, 2.24) is 88.0 Å². The highest BCUT2D eigenvalue weighted by atomic mass is 16.5. The van der Waals surface area contributed by atoms with Crippen molar-refractivity contribution >= 4 is 78.0 Å². The minimum absolute atomic E-state index is 0.119. The van der Waals surface area contributed by atoms with Crippen molar-refractivity contribution in [2.24, 2.45) is 11.5 Å². The van der Waals surface area contributed by atoms with Crippen LogP contribution in [0.1, 0.15) is 130 Å². The number of hydrogen-bond acceptors (Lipinski definition) is 28. The Bertz CT molecular complexity index is 8860. The van der Waals surface area contributed by atoms with E-state index in [-0.39, 0.29) is 57.3 Å². The van der Waals surface area contributed by atoms with Crippen LogP contribution in [-0.2, 0) is 6.42 Å². The molecule has 0 aliphatic carbocycles. The average molecular weight is 1990 g/mol. The smallest absolute Gasteiger partial charge is 0.316 e. The Labute approximate surface area is 859 Å². The number of pyridine rings is 6. The van der Waals surface area contributed by atoms with Gasteiger partial charge in [0.15, 0.2) is 0 Å². The molecule has 0 fully saturated rings. The summed E-state index contributed by atoms with van der Waals surface area (Å²) in [6.07, 6.45) is 19.6. The standard InChI is InChI=1S/C29H26N6O3.2C29H24N6O2.C28H25N7O3/c1-17(33-28-24(27(30)36)16-32-18(2)34-28)25-13-19-8-7-11-23(20-12-22(38-3)15-31-14-20)26(19)29(37)35(25)21-9-5-4-6-10-21;1-18(33-28-25(30-3)17-32-19(2)34-28)26-14-20-9-8-12-24(21-13-23(37-4)16-31-15-21)27(20)29(36)35(26)22-10-6-5-7-11-22;1-18(12-25-21(14-30)15-31-19(2)34-25)26-13-20-8-7-11-24(22-16-32-29(37-3)33-17-22)27(20)28(36)35(26)23-9-5-4-6-10-23;1-16(33-26-22(25(29)36)15-30-17(2)34-26)23-12-18-8-7-11-21(19-13-31-28(38-3)32-14-19)24(18)27(37)35(23)20-9-5-4-6-10-20/h4-17H,1-3H3,(H2,30,36)(H,32,33,34);5-18H,1-2,4H3,(H,32,33,34);4-11,13,15-18H,12H2,1-3H3;4-16H,1-3H3,(H2,29,36)(H,30,33,34)/t17-;2*18-;16-/m0010/s1. The van der Waals surface area contributed by atoms with E-state index in [9.17, 15) is 34.0 Å². The summed E-state index contributed by atoms with van der Waals surface area (Å²) in [4.78, 5) is 144. The van der Waals surface area contributed by atoms with Gasteiger partial charge in [-0.3, -0.25) is 62.0 Å². The highest BCUT2D eigenvalue weighted by molar-refractivity contribution is 6.02. The Morgan fingerprint density at radius 2 is 0.680 bits per heavy atom. The number of fused-ring (bicyclic) bond motifs is 4. The third kappa shape index (κ3) is 21.7. The minimum atomic E-state index is -0.648. The number of carbonyl (C=O) groups is 2. The number of benzene rings is 8. The van der Waals surface area contributed by atoms with E-state index in [4.69, 9.17) is 37.0 Å². The quantitative estimate of drug-likeness (QED) is 0.0314. The fourth-order valence-corrected chi connectivity index (χ4v) is 17.8. The lowest BCUT2D eigenvalue weighted by molar-refractivity contribution is 0.0991. The number of hydrogen-bond donors (Lipinski definition) is 5. The van der Waals surface area contributed by atoms with Crippen molar-refractivity contribution in [2.45, 2.75) is 85.9 Å². The van der Waals surface area contributed by atoms with Crippen LogP contribution in [0, 0.1) is 45.6 Å². The number of nitrogens with two attached hydrogens (primary N) is 2. The van der Waals surface area contributed by atoms with Crippen LogP contribution in [-0.4, -0.2) is 128 Å². The highest BCUT2D eigenvalue weighted by Gasteiger charge is 2.29. The van der Waals surface area contributed by atoms with Crippen LogP contribution in [0.4, 0.5) is 23.1 Å². The van der Waals surface area contributed by atoms with Gasteiger partial charge in [0.2, 0.25) is 5.69 Å². The zero-order valence-corrected chi connectivity index (χ0v) is 83.6. The van der Waals surface area contributed by atoms with Gasteiger partial charge in [-0.05, 0) is 184 Å². The summed E-state index contributed by atoms with van der Waals surface area (Å²) >= 11 is 0. The molecule has 35 heteroatoms. The van der Waals surface area contributed by atoms with E-state index < -0.39 is 23.9 Å². The maximum atomic E-state index is 14.3. The van der Waals surface area contributed by atoms with E-state index in [1.807, 2.05) is 258 Å². The molecule has 8 aromatic carbocycles. The van der Waals surface area contributed by atoms with Crippen LogP contribution < -0.4 is 68.6 Å². The first-order valence-electron chi connectivity index (χ1n) is 47.4. The SMILES string of the molecule is COc1cncc(-c2cccc3cc([C@H](C)Nc4nc(C)ncc4C(N)=O)n(-c4ccccc4)c(=O)c23)c1.COc1ncc(-c2cccc3cc([C@H](C)Cc4nc(C)ncc4C#N)n(-c4ccccc4)c(=O)c23)cn1.COc1ncc(-c2cccc3cc([C@H](C)Nc4nc(C)ncc4C(N)=O)n(-c4ccccc4)c(=O)c23)cn1.[C-]#[N+]c1cnc(C)nc1N[C@@H](C)c1cc2cccc(-c3cncc(OC)c3)c2c(=O)n1-c1ccccc1. The minimum Gasteiger partial charge on any atom is -0.495 e. The van der Waals surface area contributed by atoms with Gasteiger partial charge in [0.25, 0.3) is 34.1 Å². The third-order valence-electron chi connectivity index (χ3n) is 25.0. The summed E-state index contributed by atoms with van der Waals surface area (Å²) in [6.45, 7) is 22.3. The topological polar surface area (TPSA) is 456 Å². The number of rotatable bonds is 26. The largest absolute Gasteiger partial charge is 0.495 e. The molecule has 0 aliphatic rings. The Hall–Kier alpha value is -20.1. The first kappa shape index (κ1) is 101. The Kier molecular flexibility index (Phi) is 30.6. The number of nitriles is 1. The lowest BCUT2D eigenvalue weighted by atomic mass is 9.94. The summed E-state index contributed by atoms with van der Waals surface area (Å²) < 4.78 is 27.7. The van der Waals surface area contributed by atoms with Gasteiger partial charge in [0, 0.05) is 136 Å². The molecule has 4 atom stereocenters. The average Bonchev–Trinajstić information content (AvgIpc) is 0.760. The Balaban J connectivity index is 0.000000136. The van der Waals surface area contributed by atoms with Gasteiger partial charge >= 0.3 is 12.0 Å². The molecule has 0 radical (unpaired) electrons. The summed E-state index contributed by atoms with van der Waals surface area (Å²) in [5, 5.41) is 24.8. The molecule has 2 amide bonds. The molecule has 12 aromatic heterocycles. The zero-order valence-electron chi connectivity index (χ0n) is 83.6. The molecule has 744 valence electrons. The van der Waals surface area contributed by atoms with Crippen molar-refractivity contribution < 1.29 is 28.5 Å². The van der Waals surface area contributed by atoms with E-state index in [1.165, 1.54) is 32.8 Å². The first-order chi connectivity index (χ1) is 72.7. The molecule has 12 heterocycles. The van der Waals surface area contributed by atoms with Crippen LogP contribution in [0.3, 0.4) is 0 Å². The fraction of sp³-hybridized carbons (Fsp3) is 0.148. The molecule has 0 spiro atoms. The number of nitrogens with zero attached hydrogens (tertiary/aromatic N) is 20. The van der Waals surface area contributed by atoms with Crippen molar-refractivity contribution in [2.75, 3.05) is 44.4 Å². The predicted molar refractivity (Wildman–Crippen MR) is 576 cm³/mol. The second-order valence-corrected chi connectivity index (χ2v) is 34.8. The van der Waals surface area contributed by atoms with Gasteiger partial charge in [0.1, 0.15) is 58.3 Å². The molecule has 0 saturated carbocycles. The van der Waals surface area contributed by atoms with Crippen molar-refractivity contribution in [1.29, 1.82) is 5.26 Å². The van der Waals surface area contributed by atoms with E-state index in [0.717, 1.165) is 77.7 Å². The lowest BCUT2D eigenvalue weighted by Gasteiger charge is -2.22. The monoisotopic (exact) mass is 1990 g/mol. The van der Waals surface area contributed by atoms with Gasteiger partial charge in [-0.25, -0.2) is 59.7 Å². The number of methoxy groups -OCH3 is 4. The number of aromatic nitrogens is 18. The highest BCUT2D eigenvalue weighted by Crippen LogP contribution is 2.39. The van der Waals surface area contributed by atoms with Crippen LogP contribution in [0.5, 0.6) is 23.5 Å². The van der Waals surface area contributed by atoms with E-state index in [0.29, 0.717) is 131 Å². The zero-order chi connectivity index (χ0) is 106. The Morgan fingerprint density at radius 1 is 0.367 bits per heavy atom. The van der Waals surface area contributed by atoms with Crippen LogP contribution in [0.2, 0.25) is 0 Å². The van der Waals surface area contributed by atoms with Gasteiger partial charge in [0.05, 0.1) is 109 Å². The summed E-state index contributed by atoms with van der Waals surface area (Å²) in [7, 11) is 6.18. The molecule has 0 saturated heterocycles. The Morgan fingerprint density at radius 3 is 1.01 bits per heavy atom. The van der Waals surface area contributed by atoms with E-state index in [1.54, 1.807) is 116 Å². The number of carbonyl (C=O) groups excluding carboxylic acids is 2. The molecule has 0 unspecified atom stereocenters. The maximum absolute atomic E-state index is 14.3. The van der Waals surface area contributed by atoms with Gasteiger partial charge in [-0.15, -0.1) is 0 Å². The van der Waals surface area contributed by atoms with Gasteiger partial charge < -0.3 is 46.4 Å². The molecule has 0 aliphatic heterocycles. The molecular weight excluding hydrogens is 1890 g/mol. The molecule has 0 bridgehead atoms. The fourth-order valence-electron chi connectivity index (χ4n) is 17.8. The second-order valence-electron chi connectivity index (χ2n) is 34.8. The van der Waals surface area contributed by atoms with Gasteiger partial charge in [-0.1, -0.05) is 153 Å². The third-order valence-corrected chi connectivity index (χ3v) is 25.0. The number of para-hydroxylation sites is 4. The molecule has 20 aromatic rings. The summed E-state index contributed by atoms with van der Waals surface area (Å²) in [5.74, 6) is 2.96. The molecule has 35 nitrogen and oxygen atoms in total. The predicted octanol–water partition coefficient (Wildman–Crippen LogP) is 18.9. The van der Waals surface area contributed by atoms with Crippen molar-refractivity contribution in [3.8, 4) is 96.8 Å². The number of aryl methyl sites for hydroxylation is 4. The second kappa shape index (κ2) is 45.2. The maximum Gasteiger partial charge on any atom is 0.316 e. The van der Waals surface area contributed by atoms with Crippen LogP contribution in [0.15, 0.2) is 324 Å². The van der Waals surface area contributed by atoms with Crippen LogP contribution in [0.25, 0.3) is 115 Å². The van der Waals surface area contributed by atoms with E-state index in [2.05, 4.69) is 96.6 Å². The van der Waals surface area contributed by atoms with E-state index >= 15 is 0 Å². The number of primary amides is 2.